The van der Waals surface area contributed by atoms with Crippen LogP contribution in [0.5, 0.6) is 0 Å². The Morgan fingerprint density at radius 1 is 1.21 bits per heavy atom. The number of ether oxygens (including phenoxy) is 1. The van der Waals surface area contributed by atoms with E-state index in [1.807, 2.05) is 30.7 Å². The van der Waals surface area contributed by atoms with E-state index in [-0.39, 0.29) is 17.9 Å². The fourth-order valence-corrected chi connectivity index (χ4v) is 3.74. The van der Waals surface area contributed by atoms with Crippen LogP contribution in [0.2, 0.25) is 0 Å². The summed E-state index contributed by atoms with van der Waals surface area (Å²) in [4.78, 5) is 28.2. The van der Waals surface area contributed by atoms with Crippen LogP contribution < -0.4 is 0 Å². The summed E-state index contributed by atoms with van der Waals surface area (Å²) in [5.41, 5.74) is 2.11. The van der Waals surface area contributed by atoms with Crippen LogP contribution in [0, 0.1) is 0 Å². The molecule has 156 valence electrons. The number of benzene rings is 1. The van der Waals surface area contributed by atoms with Crippen molar-refractivity contribution in [1.29, 1.82) is 0 Å². The largest absolute Gasteiger partial charge is 0.465 e. The molecule has 0 bridgehead atoms. The van der Waals surface area contributed by atoms with Crippen molar-refractivity contribution in [1.82, 2.24) is 24.8 Å². The predicted molar refractivity (Wildman–Crippen MR) is 109 cm³/mol. The number of carbonyl (C=O) groups is 2. The van der Waals surface area contributed by atoms with E-state index in [1.54, 1.807) is 23.2 Å². The normalized spacial score (nSPS) is 17.1. The lowest BCUT2D eigenvalue weighted by molar-refractivity contribution is 0.0600. The van der Waals surface area contributed by atoms with Gasteiger partial charge in [-0.3, -0.25) is 9.69 Å². The maximum atomic E-state index is 12.5. The average Bonchev–Trinajstić information content (AvgIpc) is 3.25. The zero-order valence-electron chi connectivity index (χ0n) is 17.4. The number of hydrogen-bond acceptors (Lipinski definition) is 6. The second-order valence-electron chi connectivity index (χ2n) is 7.28. The Kier molecular flexibility index (Phi) is 6.98. The van der Waals surface area contributed by atoms with Crippen LogP contribution in [-0.2, 0) is 11.3 Å². The highest BCUT2D eigenvalue weighted by Gasteiger charge is 2.24. The van der Waals surface area contributed by atoms with E-state index in [0.717, 1.165) is 38.0 Å². The number of carbonyl (C=O) groups excluding carboxylic acids is 2. The van der Waals surface area contributed by atoms with Crippen LogP contribution in [0.25, 0.3) is 0 Å². The number of nitrogens with zero attached hydrogens (tertiary/aromatic N) is 5. The van der Waals surface area contributed by atoms with Crippen molar-refractivity contribution in [2.75, 3.05) is 33.3 Å². The number of methoxy groups -OCH3 is 1. The Hall–Kier alpha value is -2.74. The highest BCUT2D eigenvalue weighted by Crippen LogP contribution is 2.22. The average molecular weight is 399 g/mol. The van der Waals surface area contributed by atoms with Crippen molar-refractivity contribution < 1.29 is 14.3 Å². The molecule has 1 unspecified atom stereocenters. The molecule has 2 heterocycles. The van der Waals surface area contributed by atoms with Crippen LogP contribution in [0.4, 0.5) is 0 Å². The van der Waals surface area contributed by atoms with E-state index in [2.05, 4.69) is 15.2 Å². The Morgan fingerprint density at radius 2 is 1.93 bits per heavy atom. The first kappa shape index (κ1) is 21.0. The smallest absolute Gasteiger partial charge is 0.337 e. The molecule has 0 spiro atoms. The molecule has 3 rings (SSSR count). The number of aromatic nitrogens is 3. The maximum absolute atomic E-state index is 12.5. The summed E-state index contributed by atoms with van der Waals surface area (Å²) in [7, 11) is 1.38. The number of amides is 1. The number of likely N-dealkylation sites (tertiary alicyclic amines) is 1. The summed E-state index contributed by atoms with van der Waals surface area (Å²) in [5.74, 6) is -0.393. The first-order valence-electron chi connectivity index (χ1n) is 10.2. The molecule has 0 saturated carbocycles. The van der Waals surface area contributed by atoms with Gasteiger partial charge in [0, 0.05) is 26.2 Å². The van der Waals surface area contributed by atoms with Gasteiger partial charge in [0.25, 0.3) is 5.91 Å². The fraction of sp³-hybridized carbons (Fsp3) is 0.524. The number of rotatable bonds is 7. The molecule has 8 heteroatoms. The van der Waals surface area contributed by atoms with E-state index in [1.165, 1.54) is 7.11 Å². The Bertz CT molecular complexity index is 829. The number of hydrogen-bond donors (Lipinski definition) is 0. The second-order valence-corrected chi connectivity index (χ2v) is 7.28. The van der Waals surface area contributed by atoms with Crippen molar-refractivity contribution >= 4 is 11.9 Å². The van der Waals surface area contributed by atoms with E-state index in [0.29, 0.717) is 24.3 Å². The summed E-state index contributed by atoms with van der Waals surface area (Å²) < 4.78 is 6.58. The van der Waals surface area contributed by atoms with E-state index >= 15 is 0 Å². The molecule has 29 heavy (non-hydrogen) atoms. The summed E-state index contributed by atoms with van der Waals surface area (Å²) in [6.07, 6.45) is 3.85. The molecule has 0 aliphatic carbocycles. The molecule has 2 aromatic rings. The third kappa shape index (κ3) is 5.00. The van der Waals surface area contributed by atoms with Crippen molar-refractivity contribution in [3.05, 3.63) is 47.3 Å². The molecular weight excluding hydrogens is 370 g/mol. The molecule has 8 nitrogen and oxygen atoms in total. The lowest BCUT2D eigenvalue weighted by atomic mass is 10.0. The van der Waals surface area contributed by atoms with Gasteiger partial charge in [-0.2, -0.15) is 0 Å². The standard InChI is InChI=1S/C21H29N5O3/c1-4-25(5-2)20(27)19-15-26(23-22-19)18-7-6-12-24(14-18)13-16-8-10-17(11-9-16)21(28)29-3/h8-11,15,18H,4-7,12-14H2,1-3H3. The SMILES string of the molecule is CCN(CC)C(=O)c1cn(C2CCCN(Cc3ccc(C(=O)OC)cc3)C2)nn1. The molecule has 1 aliphatic rings. The van der Waals surface area contributed by atoms with Crippen molar-refractivity contribution in [3.63, 3.8) is 0 Å². The molecule has 0 radical (unpaired) electrons. The van der Waals surface area contributed by atoms with Gasteiger partial charge in [0.05, 0.1) is 24.9 Å². The van der Waals surface area contributed by atoms with Gasteiger partial charge in [0.2, 0.25) is 0 Å². The molecule has 1 aromatic heterocycles. The topological polar surface area (TPSA) is 80.6 Å². The summed E-state index contributed by atoms with van der Waals surface area (Å²) >= 11 is 0. The maximum Gasteiger partial charge on any atom is 0.337 e. The minimum atomic E-state index is -0.323. The van der Waals surface area contributed by atoms with Gasteiger partial charge in [-0.25, -0.2) is 9.48 Å². The predicted octanol–water partition coefficient (Wildman–Crippen LogP) is 2.38. The summed E-state index contributed by atoms with van der Waals surface area (Å²) in [6, 6.07) is 7.72. The van der Waals surface area contributed by atoms with E-state index in [9.17, 15) is 9.59 Å². The third-order valence-corrected chi connectivity index (χ3v) is 5.42. The highest BCUT2D eigenvalue weighted by atomic mass is 16.5. The zero-order valence-corrected chi connectivity index (χ0v) is 17.4. The van der Waals surface area contributed by atoms with Crippen molar-refractivity contribution in [2.45, 2.75) is 39.3 Å². The molecule has 1 aliphatic heterocycles. The summed E-state index contributed by atoms with van der Waals surface area (Å²) in [5, 5.41) is 8.35. The van der Waals surface area contributed by atoms with Crippen LogP contribution in [0.3, 0.4) is 0 Å². The number of esters is 1. The third-order valence-electron chi connectivity index (χ3n) is 5.42. The van der Waals surface area contributed by atoms with Gasteiger partial charge in [-0.15, -0.1) is 5.10 Å². The van der Waals surface area contributed by atoms with Gasteiger partial charge < -0.3 is 9.64 Å². The number of piperidine rings is 1. The first-order chi connectivity index (χ1) is 14.0. The molecule has 1 aromatic carbocycles. The van der Waals surface area contributed by atoms with Gasteiger partial charge in [-0.1, -0.05) is 17.3 Å². The Labute approximate surface area is 171 Å². The van der Waals surface area contributed by atoms with Crippen LogP contribution in [-0.4, -0.2) is 70.0 Å². The Morgan fingerprint density at radius 3 is 2.59 bits per heavy atom. The molecule has 1 saturated heterocycles. The highest BCUT2D eigenvalue weighted by molar-refractivity contribution is 5.91. The van der Waals surface area contributed by atoms with Crippen LogP contribution >= 0.6 is 0 Å². The van der Waals surface area contributed by atoms with Gasteiger partial charge in [0.1, 0.15) is 0 Å². The lowest BCUT2D eigenvalue weighted by Gasteiger charge is -2.32. The molecule has 1 atom stereocenters. The molecule has 1 fully saturated rings. The quantitative estimate of drug-likeness (QED) is 0.665. The monoisotopic (exact) mass is 399 g/mol. The molecule has 1 amide bonds. The molecule has 0 N–H and O–H groups in total. The second kappa shape index (κ2) is 9.65. The van der Waals surface area contributed by atoms with Crippen LogP contribution in [0.1, 0.15) is 59.1 Å². The van der Waals surface area contributed by atoms with Gasteiger partial charge in [-0.05, 0) is 50.9 Å². The minimum Gasteiger partial charge on any atom is -0.465 e. The first-order valence-corrected chi connectivity index (χ1v) is 10.2. The minimum absolute atomic E-state index is 0.0698. The summed E-state index contributed by atoms with van der Waals surface area (Å²) in [6.45, 7) is 7.90. The zero-order chi connectivity index (χ0) is 20.8. The molecular formula is C21H29N5O3. The van der Waals surface area contributed by atoms with E-state index in [4.69, 9.17) is 4.74 Å². The van der Waals surface area contributed by atoms with E-state index < -0.39 is 0 Å². The lowest BCUT2D eigenvalue weighted by Crippen LogP contribution is -2.36. The van der Waals surface area contributed by atoms with Gasteiger partial charge in [0.15, 0.2) is 5.69 Å². The van der Waals surface area contributed by atoms with Crippen LogP contribution in [0.15, 0.2) is 30.5 Å². The Balaban J connectivity index is 1.62. The fourth-order valence-electron chi connectivity index (χ4n) is 3.74. The van der Waals surface area contributed by atoms with Crippen molar-refractivity contribution in [2.24, 2.45) is 0 Å². The van der Waals surface area contributed by atoms with Gasteiger partial charge >= 0.3 is 5.97 Å². The van der Waals surface area contributed by atoms with Crippen molar-refractivity contribution in [3.8, 4) is 0 Å².